The van der Waals surface area contributed by atoms with Crippen LogP contribution in [0.25, 0.3) is 5.65 Å². The van der Waals surface area contributed by atoms with E-state index in [-0.39, 0.29) is 12.0 Å². The number of pyridine rings is 1. The molecule has 1 fully saturated rings. The summed E-state index contributed by atoms with van der Waals surface area (Å²) in [5, 5.41) is 4.29. The molecular formula is C16H22N4O2. The van der Waals surface area contributed by atoms with Gasteiger partial charge in [0.2, 0.25) is 0 Å². The molecule has 3 rings (SSSR count). The van der Waals surface area contributed by atoms with Gasteiger partial charge in [0.15, 0.2) is 5.65 Å². The highest BCUT2D eigenvalue weighted by Crippen LogP contribution is 2.27. The maximum Gasteiger partial charge on any atom is 0.410 e. The lowest BCUT2D eigenvalue weighted by Gasteiger charge is -2.34. The first kappa shape index (κ1) is 14.8. The lowest BCUT2D eigenvalue weighted by molar-refractivity contribution is 0.0196. The molecule has 1 aliphatic heterocycles. The Bertz CT molecular complexity index is 674. The number of fused-ring (bicyclic) bond motifs is 1. The number of amides is 1. The van der Waals surface area contributed by atoms with Crippen molar-refractivity contribution in [1.82, 2.24) is 19.5 Å². The second-order valence-electron chi connectivity index (χ2n) is 6.75. The van der Waals surface area contributed by atoms with Crippen LogP contribution in [-0.2, 0) is 4.74 Å². The number of carbonyl (C=O) groups is 1. The topological polar surface area (TPSA) is 59.7 Å². The maximum atomic E-state index is 12.3. The molecule has 0 aromatic carbocycles. The summed E-state index contributed by atoms with van der Waals surface area (Å²) < 4.78 is 7.35. The third-order valence-corrected chi connectivity index (χ3v) is 3.82. The van der Waals surface area contributed by atoms with E-state index in [4.69, 9.17) is 4.74 Å². The first-order chi connectivity index (χ1) is 10.4. The van der Waals surface area contributed by atoms with Crippen LogP contribution < -0.4 is 0 Å². The molecule has 0 radical (unpaired) electrons. The SMILES string of the molecule is CC(C)(C)OC(=O)N1CCCC(c2cccc3ncnn23)C1. The van der Waals surface area contributed by atoms with Gasteiger partial charge in [-0.25, -0.2) is 14.3 Å². The fourth-order valence-corrected chi connectivity index (χ4v) is 2.89. The summed E-state index contributed by atoms with van der Waals surface area (Å²) in [4.78, 5) is 18.3. The lowest BCUT2D eigenvalue weighted by Crippen LogP contribution is -2.42. The minimum atomic E-state index is -0.462. The minimum Gasteiger partial charge on any atom is -0.444 e. The second-order valence-corrected chi connectivity index (χ2v) is 6.75. The van der Waals surface area contributed by atoms with E-state index < -0.39 is 5.60 Å². The van der Waals surface area contributed by atoms with Crippen LogP contribution in [0.3, 0.4) is 0 Å². The normalized spacial score (nSPS) is 19.4. The highest BCUT2D eigenvalue weighted by atomic mass is 16.6. The zero-order valence-electron chi connectivity index (χ0n) is 13.3. The first-order valence-electron chi connectivity index (χ1n) is 7.70. The standard InChI is InChI=1S/C16H22N4O2/c1-16(2,3)22-15(21)19-9-5-6-12(10-19)13-7-4-8-14-17-11-18-20(13)14/h4,7-8,11-12H,5-6,9-10H2,1-3H3. The maximum absolute atomic E-state index is 12.3. The summed E-state index contributed by atoms with van der Waals surface area (Å²) in [6, 6.07) is 5.99. The van der Waals surface area contributed by atoms with E-state index in [9.17, 15) is 4.79 Å². The van der Waals surface area contributed by atoms with Crippen molar-refractivity contribution in [2.75, 3.05) is 13.1 Å². The quantitative estimate of drug-likeness (QED) is 0.812. The zero-order valence-corrected chi connectivity index (χ0v) is 13.3. The molecule has 1 atom stereocenters. The van der Waals surface area contributed by atoms with Crippen molar-refractivity contribution in [1.29, 1.82) is 0 Å². The average molecular weight is 302 g/mol. The van der Waals surface area contributed by atoms with Crippen LogP contribution in [-0.4, -0.2) is 44.3 Å². The second kappa shape index (κ2) is 5.59. The molecule has 0 bridgehead atoms. The van der Waals surface area contributed by atoms with Gasteiger partial charge in [-0.15, -0.1) is 0 Å². The van der Waals surface area contributed by atoms with Gasteiger partial charge < -0.3 is 9.64 Å². The van der Waals surface area contributed by atoms with E-state index in [0.29, 0.717) is 6.54 Å². The number of likely N-dealkylation sites (tertiary alicyclic amines) is 1. The van der Waals surface area contributed by atoms with E-state index in [1.807, 2.05) is 37.4 Å². The van der Waals surface area contributed by atoms with Gasteiger partial charge in [0.25, 0.3) is 0 Å². The molecule has 0 N–H and O–H groups in total. The minimum absolute atomic E-state index is 0.233. The molecule has 6 heteroatoms. The van der Waals surface area contributed by atoms with Gasteiger partial charge >= 0.3 is 6.09 Å². The Labute approximate surface area is 130 Å². The Morgan fingerprint density at radius 2 is 2.18 bits per heavy atom. The van der Waals surface area contributed by atoms with Crippen LogP contribution in [0.1, 0.15) is 45.2 Å². The Morgan fingerprint density at radius 1 is 1.36 bits per heavy atom. The highest BCUT2D eigenvalue weighted by molar-refractivity contribution is 5.68. The third-order valence-electron chi connectivity index (χ3n) is 3.82. The Kier molecular flexibility index (Phi) is 3.76. The van der Waals surface area contributed by atoms with E-state index >= 15 is 0 Å². The first-order valence-corrected chi connectivity index (χ1v) is 7.70. The predicted molar refractivity (Wildman–Crippen MR) is 82.8 cm³/mol. The number of rotatable bonds is 1. The summed E-state index contributed by atoms with van der Waals surface area (Å²) in [6.45, 7) is 7.08. The van der Waals surface area contributed by atoms with Crippen molar-refractivity contribution >= 4 is 11.7 Å². The number of ether oxygens (including phenoxy) is 1. The molecule has 1 aliphatic rings. The predicted octanol–water partition coefficient (Wildman–Crippen LogP) is 2.84. The molecule has 6 nitrogen and oxygen atoms in total. The van der Waals surface area contributed by atoms with Crippen LogP contribution in [0, 0.1) is 0 Å². The highest BCUT2D eigenvalue weighted by Gasteiger charge is 2.29. The number of carbonyl (C=O) groups excluding carboxylic acids is 1. The summed E-state index contributed by atoms with van der Waals surface area (Å²) in [5.74, 6) is 0.256. The molecule has 1 unspecified atom stereocenters. The molecule has 3 heterocycles. The third kappa shape index (κ3) is 3.05. The van der Waals surface area contributed by atoms with Crippen molar-refractivity contribution in [3.05, 3.63) is 30.2 Å². The molecule has 22 heavy (non-hydrogen) atoms. The van der Waals surface area contributed by atoms with E-state index in [0.717, 1.165) is 30.7 Å². The molecule has 118 valence electrons. The molecule has 1 saturated heterocycles. The molecule has 0 spiro atoms. The Morgan fingerprint density at radius 3 is 2.95 bits per heavy atom. The van der Waals surface area contributed by atoms with Gasteiger partial charge in [0.05, 0.1) is 0 Å². The van der Waals surface area contributed by atoms with Gasteiger partial charge in [-0.05, 0) is 45.7 Å². The molecule has 0 aliphatic carbocycles. The summed E-state index contributed by atoms with van der Waals surface area (Å²) >= 11 is 0. The van der Waals surface area contributed by atoms with Crippen LogP contribution in [0.2, 0.25) is 0 Å². The smallest absolute Gasteiger partial charge is 0.410 e. The van der Waals surface area contributed by atoms with Crippen LogP contribution in [0.5, 0.6) is 0 Å². The molecule has 0 saturated carbocycles. The largest absolute Gasteiger partial charge is 0.444 e. The van der Waals surface area contributed by atoms with E-state index in [1.165, 1.54) is 0 Å². The van der Waals surface area contributed by atoms with Gasteiger partial charge in [0, 0.05) is 24.7 Å². The molecular weight excluding hydrogens is 280 g/mol. The Hall–Kier alpha value is -2.11. The fraction of sp³-hybridized carbons (Fsp3) is 0.562. The number of piperidine rings is 1. The molecule has 2 aromatic heterocycles. The monoisotopic (exact) mass is 302 g/mol. The number of hydrogen-bond donors (Lipinski definition) is 0. The van der Waals surface area contributed by atoms with Gasteiger partial charge in [-0.1, -0.05) is 6.07 Å². The van der Waals surface area contributed by atoms with Crippen molar-refractivity contribution in [3.63, 3.8) is 0 Å². The van der Waals surface area contributed by atoms with Crippen LogP contribution >= 0.6 is 0 Å². The van der Waals surface area contributed by atoms with Crippen molar-refractivity contribution in [2.24, 2.45) is 0 Å². The molecule has 1 amide bonds. The van der Waals surface area contributed by atoms with Crippen molar-refractivity contribution < 1.29 is 9.53 Å². The summed E-state index contributed by atoms with van der Waals surface area (Å²) in [6.07, 6.45) is 3.34. The lowest BCUT2D eigenvalue weighted by atomic mass is 9.94. The average Bonchev–Trinajstić information content (AvgIpc) is 2.94. The summed E-state index contributed by atoms with van der Waals surface area (Å²) in [7, 11) is 0. The summed E-state index contributed by atoms with van der Waals surface area (Å²) in [5.41, 5.74) is 1.48. The van der Waals surface area contributed by atoms with Gasteiger partial charge in [0.1, 0.15) is 11.9 Å². The number of hydrogen-bond acceptors (Lipinski definition) is 4. The zero-order chi connectivity index (χ0) is 15.7. The molecule has 2 aromatic rings. The number of nitrogens with zero attached hydrogens (tertiary/aromatic N) is 4. The Balaban J connectivity index is 1.78. The van der Waals surface area contributed by atoms with Crippen LogP contribution in [0.15, 0.2) is 24.5 Å². The van der Waals surface area contributed by atoms with E-state index in [1.54, 1.807) is 11.2 Å². The van der Waals surface area contributed by atoms with Crippen molar-refractivity contribution in [2.45, 2.75) is 45.1 Å². The van der Waals surface area contributed by atoms with E-state index in [2.05, 4.69) is 16.1 Å². The van der Waals surface area contributed by atoms with Crippen molar-refractivity contribution in [3.8, 4) is 0 Å². The fourth-order valence-electron chi connectivity index (χ4n) is 2.89. The van der Waals surface area contributed by atoms with Gasteiger partial charge in [-0.2, -0.15) is 5.10 Å². The van der Waals surface area contributed by atoms with Crippen LogP contribution in [0.4, 0.5) is 4.79 Å². The van der Waals surface area contributed by atoms with Gasteiger partial charge in [-0.3, -0.25) is 0 Å². The number of aromatic nitrogens is 3.